The summed E-state index contributed by atoms with van der Waals surface area (Å²) in [6.07, 6.45) is 1.85. The van der Waals surface area contributed by atoms with Gasteiger partial charge in [0, 0.05) is 51.5 Å². The van der Waals surface area contributed by atoms with Crippen LogP contribution in [0.5, 0.6) is 0 Å². The molecule has 3 rings (SSSR count). The lowest BCUT2D eigenvalue weighted by molar-refractivity contribution is -0.133. The topological polar surface area (TPSA) is 47.6 Å². The van der Waals surface area contributed by atoms with Crippen molar-refractivity contribution in [2.45, 2.75) is 11.4 Å². The SMILES string of the molecule is O=C(C1NC=CS1)N1CCN(C2CNC2)CC1. The molecule has 0 aliphatic carbocycles. The third-order valence-electron chi connectivity index (χ3n) is 3.66. The molecule has 6 heteroatoms. The molecule has 0 aromatic heterocycles. The first kappa shape index (κ1) is 11.4. The fourth-order valence-electron chi connectivity index (χ4n) is 2.42. The van der Waals surface area contributed by atoms with Crippen molar-refractivity contribution < 1.29 is 4.79 Å². The number of nitrogens with zero attached hydrogens (tertiary/aromatic N) is 2. The molecule has 17 heavy (non-hydrogen) atoms. The van der Waals surface area contributed by atoms with Crippen LogP contribution in [0.25, 0.3) is 0 Å². The monoisotopic (exact) mass is 254 g/mol. The third kappa shape index (κ3) is 2.29. The first-order chi connectivity index (χ1) is 8.34. The van der Waals surface area contributed by atoms with E-state index in [1.807, 2.05) is 16.5 Å². The molecular formula is C11H18N4OS. The summed E-state index contributed by atoms with van der Waals surface area (Å²) in [6.45, 7) is 5.99. The number of rotatable bonds is 2. The lowest BCUT2D eigenvalue weighted by Crippen LogP contribution is -2.62. The van der Waals surface area contributed by atoms with Gasteiger partial charge in [0.25, 0.3) is 5.91 Å². The fraction of sp³-hybridized carbons (Fsp3) is 0.727. The van der Waals surface area contributed by atoms with Crippen LogP contribution < -0.4 is 10.6 Å². The Kier molecular flexibility index (Phi) is 3.26. The number of nitrogens with one attached hydrogen (secondary N) is 2. The third-order valence-corrected chi connectivity index (χ3v) is 4.56. The predicted octanol–water partition coefficient (Wildman–Crippen LogP) is -0.764. The van der Waals surface area contributed by atoms with Gasteiger partial charge in [0.05, 0.1) is 0 Å². The number of piperazine rings is 1. The minimum Gasteiger partial charge on any atom is -0.371 e. The molecule has 0 saturated carbocycles. The average molecular weight is 254 g/mol. The minimum atomic E-state index is -0.0908. The van der Waals surface area contributed by atoms with Crippen LogP contribution in [0, 0.1) is 0 Å². The Hall–Kier alpha value is -0.720. The van der Waals surface area contributed by atoms with Gasteiger partial charge in [-0.05, 0) is 5.41 Å². The lowest BCUT2D eigenvalue weighted by atomic mass is 10.1. The smallest absolute Gasteiger partial charge is 0.255 e. The molecule has 0 spiro atoms. The molecule has 0 aromatic carbocycles. The maximum absolute atomic E-state index is 12.1. The molecule has 2 saturated heterocycles. The summed E-state index contributed by atoms with van der Waals surface area (Å²) in [6, 6.07) is 0.702. The van der Waals surface area contributed by atoms with Crippen LogP contribution in [-0.4, -0.2) is 66.4 Å². The van der Waals surface area contributed by atoms with E-state index in [2.05, 4.69) is 15.5 Å². The van der Waals surface area contributed by atoms with Crippen molar-refractivity contribution in [3.8, 4) is 0 Å². The summed E-state index contributed by atoms with van der Waals surface area (Å²) in [7, 11) is 0. The molecular weight excluding hydrogens is 236 g/mol. The second kappa shape index (κ2) is 4.88. The molecule has 3 aliphatic heterocycles. The molecule has 3 aliphatic rings. The average Bonchev–Trinajstić information content (AvgIpc) is 2.80. The molecule has 1 amide bonds. The van der Waals surface area contributed by atoms with E-state index in [4.69, 9.17) is 0 Å². The Morgan fingerprint density at radius 1 is 1.24 bits per heavy atom. The van der Waals surface area contributed by atoms with Gasteiger partial charge in [0.1, 0.15) is 0 Å². The molecule has 3 heterocycles. The zero-order chi connectivity index (χ0) is 11.7. The van der Waals surface area contributed by atoms with Gasteiger partial charge in [-0.25, -0.2) is 0 Å². The second-order valence-corrected chi connectivity index (χ2v) is 5.67. The maximum Gasteiger partial charge on any atom is 0.255 e. The molecule has 94 valence electrons. The summed E-state index contributed by atoms with van der Waals surface area (Å²) in [4.78, 5) is 16.6. The predicted molar refractivity (Wildman–Crippen MR) is 68.5 cm³/mol. The number of carbonyl (C=O) groups is 1. The molecule has 0 bridgehead atoms. The van der Waals surface area contributed by atoms with Gasteiger partial charge >= 0.3 is 0 Å². The van der Waals surface area contributed by atoms with E-state index in [-0.39, 0.29) is 11.3 Å². The summed E-state index contributed by atoms with van der Waals surface area (Å²) in [5, 5.41) is 8.22. The standard InChI is InChI=1S/C11H18N4OS/c16-11(10-13-1-6-17-10)15-4-2-14(3-5-15)9-7-12-8-9/h1,6,9-10,12-13H,2-5,7-8H2. The van der Waals surface area contributed by atoms with Crippen LogP contribution in [0.15, 0.2) is 11.6 Å². The van der Waals surface area contributed by atoms with Gasteiger partial charge < -0.3 is 15.5 Å². The number of hydrogen-bond donors (Lipinski definition) is 2. The van der Waals surface area contributed by atoms with Crippen LogP contribution in [0.4, 0.5) is 0 Å². The summed E-state index contributed by atoms with van der Waals surface area (Å²) in [5.74, 6) is 0.228. The van der Waals surface area contributed by atoms with E-state index in [9.17, 15) is 4.79 Å². The highest BCUT2D eigenvalue weighted by Crippen LogP contribution is 2.19. The number of hydrogen-bond acceptors (Lipinski definition) is 5. The van der Waals surface area contributed by atoms with Crippen molar-refractivity contribution in [2.24, 2.45) is 0 Å². The van der Waals surface area contributed by atoms with Gasteiger partial charge in [0.15, 0.2) is 5.37 Å². The van der Waals surface area contributed by atoms with Crippen LogP contribution >= 0.6 is 11.8 Å². The highest BCUT2D eigenvalue weighted by atomic mass is 32.2. The van der Waals surface area contributed by atoms with Crippen molar-refractivity contribution in [3.63, 3.8) is 0 Å². The summed E-state index contributed by atoms with van der Waals surface area (Å²) >= 11 is 1.56. The molecule has 2 N–H and O–H groups in total. The zero-order valence-electron chi connectivity index (χ0n) is 9.76. The number of thioether (sulfide) groups is 1. The summed E-state index contributed by atoms with van der Waals surface area (Å²) < 4.78 is 0. The number of amides is 1. The van der Waals surface area contributed by atoms with E-state index in [0.717, 1.165) is 39.3 Å². The van der Waals surface area contributed by atoms with Gasteiger partial charge in [0.2, 0.25) is 0 Å². The molecule has 1 atom stereocenters. The van der Waals surface area contributed by atoms with E-state index < -0.39 is 0 Å². The van der Waals surface area contributed by atoms with E-state index in [1.165, 1.54) is 0 Å². The molecule has 5 nitrogen and oxygen atoms in total. The van der Waals surface area contributed by atoms with E-state index >= 15 is 0 Å². The Balaban J connectivity index is 1.48. The fourth-order valence-corrected chi connectivity index (χ4v) is 3.16. The summed E-state index contributed by atoms with van der Waals surface area (Å²) in [5.41, 5.74) is 0. The largest absolute Gasteiger partial charge is 0.371 e. The van der Waals surface area contributed by atoms with E-state index in [1.54, 1.807) is 11.8 Å². The van der Waals surface area contributed by atoms with Crippen molar-refractivity contribution in [1.82, 2.24) is 20.4 Å². The van der Waals surface area contributed by atoms with Crippen LogP contribution in [-0.2, 0) is 4.79 Å². The van der Waals surface area contributed by atoms with Gasteiger partial charge in [-0.3, -0.25) is 9.69 Å². The highest BCUT2D eigenvalue weighted by Gasteiger charge is 2.31. The van der Waals surface area contributed by atoms with Gasteiger partial charge in [-0.2, -0.15) is 0 Å². The van der Waals surface area contributed by atoms with Crippen LogP contribution in [0.1, 0.15) is 0 Å². The van der Waals surface area contributed by atoms with Gasteiger partial charge in [-0.1, -0.05) is 11.8 Å². The molecule has 0 aromatic rings. The minimum absolute atomic E-state index is 0.0908. The van der Waals surface area contributed by atoms with Gasteiger partial charge in [-0.15, -0.1) is 0 Å². The van der Waals surface area contributed by atoms with Crippen molar-refractivity contribution in [3.05, 3.63) is 11.6 Å². The first-order valence-electron chi connectivity index (χ1n) is 6.15. The normalized spacial score (nSPS) is 30.1. The zero-order valence-corrected chi connectivity index (χ0v) is 10.6. The quantitative estimate of drug-likeness (QED) is 0.678. The molecule has 0 radical (unpaired) electrons. The Morgan fingerprint density at radius 2 is 2.00 bits per heavy atom. The Bertz CT molecular complexity index is 315. The maximum atomic E-state index is 12.1. The Morgan fingerprint density at radius 3 is 2.53 bits per heavy atom. The van der Waals surface area contributed by atoms with Crippen LogP contribution in [0.3, 0.4) is 0 Å². The van der Waals surface area contributed by atoms with Crippen molar-refractivity contribution in [2.75, 3.05) is 39.3 Å². The highest BCUT2D eigenvalue weighted by molar-refractivity contribution is 8.03. The van der Waals surface area contributed by atoms with E-state index in [0.29, 0.717) is 6.04 Å². The number of carbonyl (C=O) groups excluding carboxylic acids is 1. The Labute approximate surface area is 106 Å². The molecule has 2 fully saturated rings. The molecule has 1 unspecified atom stereocenters. The van der Waals surface area contributed by atoms with Crippen molar-refractivity contribution in [1.29, 1.82) is 0 Å². The van der Waals surface area contributed by atoms with Crippen molar-refractivity contribution >= 4 is 17.7 Å². The first-order valence-corrected chi connectivity index (χ1v) is 7.09. The second-order valence-electron chi connectivity index (χ2n) is 4.66. The lowest BCUT2D eigenvalue weighted by Gasteiger charge is -2.43. The van der Waals surface area contributed by atoms with Crippen LogP contribution in [0.2, 0.25) is 0 Å².